The number of rotatable bonds is 7. The normalized spacial score (nSPS) is 11.8. The molecule has 0 amide bonds. The second kappa shape index (κ2) is 10.1. The van der Waals surface area contributed by atoms with Gasteiger partial charge in [-0.25, -0.2) is 18.4 Å². The van der Waals surface area contributed by atoms with Gasteiger partial charge in [0.05, 0.1) is 16.1 Å². The molecule has 0 bridgehead atoms. The molecule has 5 rings (SSSR count). The zero-order chi connectivity index (χ0) is 25.1. The van der Waals surface area contributed by atoms with Crippen LogP contribution in [0.4, 0.5) is 5.69 Å². The van der Waals surface area contributed by atoms with Crippen molar-refractivity contribution in [3.05, 3.63) is 119 Å². The van der Waals surface area contributed by atoms with Crippen molar-refractivity contribution in [2.45, 2.75) is 18.2 Å². The smallest absolute Gasteiger partial charge is 0.261 e. The van der Waals surface area contributed by atoms with E-state index in [-0.39, 0.29) is 4.90 Å². The minimum absolute atomic E-state index is 0.221. The van der Waals surface area contributed by atoms with Crippen LogP contribution in [0.3, 0.4) is 0 Å². The largest absolute Gasteiger partial charge is 0.282 e. The first-order valence-electron chi connectivity index (χ1n) is 11.3. The van der Waals surface area contributed by atoms with E-state index in [9.17, 15) is 8.42 Å². The Balaban J connectivity index is 1.46. The lowest BCUT2D eigenvalue weighted by Crippen LogP contribution is -2.13. The third-order valence-electron chi connectivity index (χ3n) is 5.75. The molecular weight excluding hydrogens is 536 g/mol. The lowest BCUT2D eigenvalue weighted by molar-refractivity contribution is 0.601. The molecule has 180 valence electrons. The average Bonchev–Trinajstić information content (AvgIpc) is 3.24. The lowest BCUT2D eigenvalue weighted by atomic mass is 10.1. The molecule has 0 aliphatic rings. The van der Waals surface area contributed by atoms with E-state index < -0.39 is 10.0 Å². The predicted molar refractivity (Wildman–Crippen MR) is 148 cm³/mol. The van der Waals surface area contributed by atoms with Gasteiger partial charge in [-0.1, -0.05) is 64.0 Å². The summed E-state index contributed by atoms with van der Waals surface area (Å²) in [5, 5.41) is 1.10. The molecule has 0 fully saturated rings. The van der Waals surface area contributed by atoms with Crippen LogP contribution in [0.5, 0.6) is 0 Å². The summed E-state index contributed by atoms with van der Waals surface area (Å²) in [5.41, 5.74) is 4.30. The van der Waals surface area contributed by atoms with E-state index in [1.165, 1.54) is 0 Å². The lowest BCUT2D eigenvalue weighted by Gasteiger charge is -2.12. The van der Waals surface area contributed by atoms with Crippen molar-refractivity contribution in [1.29, 1.82) is 0 Å². The number of aryl methyl sites for hydroxylation is 1. The van der Waals surface area contributed by atoms with Crippen molar-refractivity contribution in [3.63, 3.8) is 0 Å². The molecule has 0 unspecified atom stereocenters. The molecule has 8 heteroatoms. The highest BCUT2D eigenvalue weighted by atomic mass is 79.9. The van der Waals surface area contributed by atoms with Gasteiger partial charge in [0.15, 0.2) is 0 Å². The van der Waals surface area contributed by atoms with Crippen molar-refractivity contribution in [2.75, 3.05) is 4.72 Å². The highest BCUT2D eigenvalue weighted by molar-refractivity contribution is 9.10. The second-order valence-corrected chi connectivity index (χ2v) is 10.9. The summed E-state index contributed by atoms with van der Waals surface area (Å²) in [5.74, 6) is 0.608. The quantitative estimate of drug-likeness (QED) is 0.246. The fraction of sp³-hybridized carbons (Fsp3) is 0.0714. The van der Waals surface area contributed by atoms with E-state index in [1.54, 1.807) is 48.8 Å². The van der Waals surface area contributed by atoms with Crippen LogP contribution < -0.4 is 4.72 Å². The SMILES string of the molecule is Cc1ccc(S(=O)(=O)Nc2ccc(Br)cc2/C=C/Cc2cc3ccccc3n2-c2ncccn2)cc1. The van der Waals surface area contributed by atoms with Crippen molar-refractivity contribution >= 4 is 48.6 Å². The Morgan fingerprint density at radius 1 is 0.944 bits per heavy atom. The van der Waals surface area contributed by atoms with Crippen LogP contribution >= 0.6 is 15.9 Å². The van der Waals surface area contributed by atoms with Gasteiger partial charge < -0.3 is 0 Å². The first kappa shape index (κ1) is 24.0. The summed E-state index contributed by atoms with van der Waals surface area (Å²) in [6.07, 6.45) is 7.99. The van der Waals surface area contributed by atoms with Gasteiger partial charge >= 0.3 is 0 Å². The van der Waals surface area contributed by atoms with Gasteiger partial charge in [0.1, 0.15) is 0 Å². The van der Waals surface area contributed by atoms with Gasteiger partial charge in [0.2, 0.25) is 5.95 Å². The number of benzene rings is 3. The summed E-state index contributed by atoms with van der Waals surface area (Å²) in [6, 6.07) is 24.3. The molecule has 0 atom stereocenters. The molecule has 5 aromatic rings. The third-order valence-corrected chi connectivity index (χ3v) is 7.63. The molecule has 0 saturated carbocycles. The van der Waals surface area contributed by atoms with E-state index in [0.29, 0.717) is 18.1 Å². The number of nitrogens with zero attached hydrogens (tertiary/aromatic N) is 3. The summed E-state index contributed by atoms with van der Waals surface area (Å²) < 4.78 is 31.6. The van der Waals surface area contributed by atoms with Gasteiger partial charge in [0.25, 0.3) is 10.0 Å². The molecule has 3 aromatic carbocycles. The molecule has 36 heavy (non-hydrogen) atoms. The molecule has 0 aliphatic carbocycles. The Kier molecular flexibility index (Phi) is 6.71. The van der Waals surface area contributed by atoms with E-state index in [4.69, 9.17) is 0 Å². The van der Waals surface area contributed by atoms with E-state index in [2.05, 4.69) is 42.8 Å². The number of aromatic nitrogens is 3. The zero-order valence-electron chi connectivity index (χ0n) is 19.5. The maximum atomic E-state index is 13.0. The molecule has 6 nitrogen and oxygen atoms in total. The number of anilines is 1. The second-order valence-electron chi connectivity index (χ2n) is 8.34. The number of nitrogens with one attached hydrogen (secondary N) is 1. The van der Waals surface area contributed by atoms with Gasteiger partial charge in [-0.15, -0.1) is 0 Å². The minimum atomic E-state index is -3.72. The Hall–Kier alpha value is -3.75. The van der Waals surface area contributed by atoms with Gasteiger partial charge in [-0.2, -0.15) is 0 Å². The molecule has 1 N–H and O–H groups in total. The number of allylic oxidation sites excluding steroid dienone is 1. The number of para-hydroxylation sites is 1. The number of halogens is 1. The van der Waals surface area contributed by atoms with Crippen LogP contribution in [-0.2, 0) is 16.4 Å². The molecule has 2 heterocycles. The molecule has 0 saturated heterocycles. The van der Waals surface area contributed by atoms with Crippen LogP contribution in [-0.4, -0.2) is 23.0 Å². The van der Waals surface area contributed by atoms with Crippen LogP contribution in [0.25, 0.3) is 22.9 Å². The van der Waals surface area contributed by atoms with Gasteiger partial charge in [-0.05, 0) is 61.0 Å². The zero-order valence-corrected chi connectivity index (χ0v) is 21.9. The van der Waals surface area contributed by atoms with Crippen LogP contribution in [0.1, 0.15) is 16.8 Å². The van der Waals surface area contributed by atoms with Crippen molar-refractivity contribution in [3.8, 4) is 5.95 Å². The van der Waals surface area contributed by atoms with E-state index in [1.807, 2.05) is 54.0 Å². The summed E-state index contributed by atoms with van der Waals surface area (Å²) in [6.45, 7) is 1.92. The van der Waals surface area contributed by atoms with Crippen LogP contribution in [0.2, 0.25) is 0 Å². The molecule has 0 aliphatic heterocycles. The topological polar surface area (TPSA) is 76.9 Å². The number of hydrogen-bond donors (Lipinski definition) is 1. The Morgan fingerprint density at radius 2 is 1.69 bits per heavy atom. The molecule has 2 aromatic heterocycles. The van der Waals surface area contributed by atoms with Crippen LogP contribution in [0, 0.1) is 6.92 Å². The molecule has 0 spiro atoms. The maximum absolute atomic E-state index is 13.0. The summed E-state index contributed by atoms with van der Waals surface area (Å²) >= 11 is 3.50. The van der Waals surface area contributed by atoms with Crippen molar-refractivity contribution in [1.82, 2.24) is 14.5 Å². The molecule has 0 radical (unpaired) electrons. The van der Waals surface area contributed by atoms with Crippen LogP contribution in [0.15, 0.2) is 107 Å². The number of hydrogen-bond acceptors (Lipinski definition) is 4. The fourth-order valence-corrected chi connectivity index (χ4v) is 5.46. The first-order chi connectivity index (χ1) is 17.4. The minimum Gasteiger partial charge on any atom is -0.282 e. The van der Waals surface area contributed by atoms with Crippen molar-refractivity contribution in [2.24, 2.45) is 0 Å². The average molecular weight is 559 g/mol. The van der Waals surface area contributed by atoms with Gasteiger partial charge in [0, 0.05) is 34.4 Å². The fourth-order valence-electron chi connectivity index (χ4n) is 4.00. The van der Waals surface area contributed by atoms with E-state index >= 15 is 0 Å². The Morgan fingerprint density at radius 3 is 2.47 bits per heavy atom. The number of fused-ring (bicyclic) bond motifs is 1. The van der Waals surface area contributed by atoms with Gasteiger partial charge in [-0.3, -0.25) is 9.29 Å². The highest BCUT2D eigenvalue weighted by Gasteiger charge is 2.16. The molecular formula is C28H23BrN4O2S. The third kappa shape index (κ3) is 5.10. The standard InChI is InChI=1S/C28H23BrN4O2S/c1-20-10-13-25(14-11-20)36(34,35)32-26-15-12-23(29)18-21(26)7-4-8-24-19-22-6-2-3-9-27(22)33(24)28-30-16-5-17-31-28/h2-7,9-19,32H,8H2,1H3/b7-4+. The Labute approximate surface area is 218 Å². The summed E-state index contributed by atoms with van der Waals surface area (Å²) in [7, 11) is -3.72. The monoisotopic (exact) mass is 558 g/mol. The Bertz CT molecular complexity index is 1660. The van der Waals surface area contributed by atoms with Crippen molar-refractivity contribution < 1.29 is 8.42 Å². The number of sulfonamides is 1. The maximum Gasteiger partial charge on any atom is 0.261 e. The van der Waals surface area contributed by atoms with E-state index in [0.717, 1.165) is 32.2 Å². The first-order valence-corrected chi connectivity index (χ1v) is 13.6. The predicted octanol–water partition coefficient (Wildman–Crippen LogP) is 6.55. The summed E-state index contributed by atoms with van der Waals surface area (Å²) in [4.78, 5) is 9.11. The highest BCUT2D eigenvalue weighted by Crippen LogP contribution is 2.27.